The standard InChI is InChI=1S/C27H24N4O3/c1-18-17-30(13-14-31(18)27(32)20-8-5-7-19(15-20)16-28)26-21-9-6-12-24(33-2)25(21)34-23-11-4-3-10-22(23)29-26/h3-12,15,18H,13-14,17H2,1-2H3. The third kappa shape index (κ3) is 3.84. The molecule has 1 amide bonds. The molecule has 0 spiro atoms. The van der Waals surface area contributed by atoms with E-state index >= 15 is 0 Å². The van der Waals surface area contributed by atoms with Crippen molar-refractivity contribution < 1.29 is 14.3 Å². The van der Waals surface area contributed by atoms with E-state index in [4.69, 9.17) is 14.5 Å². The third-order valence-electron chi connectivity index (χ3n) is 6.17. The minimum absolute atomic E-state index is 0.0526. The molecule has 5 rings (SSSR count). The first-order valence-electron chi connectivity index (χ1n) is 11.2. The predicted molar refractivity (Wildman–Crippen MR) is 129 cm³/mol. The lowest BCUT2D eigenvalue weighted by molar-refractivity contribution is 0.0581. The van der Waals surface area contributed by atoms with Crippen molar-refractivity contribution in [3.05, 3.63) is 83.4 Å². The number of amides is 1. The number of piperazine rings is 1. The summed E-state index contributed by atoms with van der Waals surface area (Å²) in [5.41, 5.74) is 2.61. The average molecular weight is 453 g/mol. The van der Waals surface area contributed by atoms with Gasteiger partial charge in [-0.3, -0.25) is 4.79 Å². The van der Waals surface area contributed by atoms with Crippen molar-refractivity contribution >= 4 is 17.4 Å². The molecule has 34 heavy (non-hydrogen) atoms. The van der Waals surface area contributed by atoms with Crippen molar-refractivity contribution in [2.24, 2.45) is 4.99 Å². The number of ether oxygens (including phenoxy) is 2. The van der Waals surface area contributed by atoms with E-state index in [1.54, 1.807) is 31.4 Å². The van der Waals surface area contributed by atoms with Gasteiger partial charge in [0, 0.05) is 31.2 Å². The van der Waals surface area contributed by atoms with E-state index in [0.29, 0.717) is 48.0 Å². The number of carbonyl (C=O) groups is 1. The fourth-order valence-corrected chi connectivity index (χ4v) is 4.46. The Labute approximate surface area is 198 Å². The quantitative estimate of drug-likeness (QED) is 0.568. The molecule has 0 saturated carbocycles. The number of nitriles is 1. The van der Waals surface area contributed by atoms with E-state index < -0.39 is 0 Å². The van der Waals surface area contributed by atoms with Gasteiger partial charge in [0.25, 0.3) is 5.91 Å². The summed E-state index contributed by atoms with van der Waals surface area (Å²) < 4.78 is 11.8. The molecule has 1 atom stereocenters. The second-order valence-corrected chi connectivity index (χ2v) is 8.33. The molecular weight excluding hydrogens is 428 g/mol. The van der Waals surface area contributed by atoms with Gasteiger partial charge in [0.05, 0.1) is 24.3 Å². The van der Waals surface area contributed by atoms with Crippen LogP contribution in [0.2, 0.25) is 0 Å². The zero-order valence-corrected chi connectivity index (χ0v) is 19.1. The van der Waals surface area contributed by atoms with E-state index in [0.717, 1.165) is 17.1 Å². The molecule has 3 aromatic rings. The first kappa shape index (κ1) is 21.5. The predicted octanol–water partition coefficient (Wildman–Crippen LogP) is 4.60. The maximum atomic E-state index is 13.2. The maximum absolute atomic E-state index is 13.2. The molecule has 0 bridgehead atoms. The first-order valence-corrected chi connectivity index (χ1v) is 11.2. The highest BCUT2D eigenvalue weighted by atomic mass is 16.5. The molecule has 170 valence electrons. The molecule has 0 radical (unpaired) electrons. The van der Waals surface area contributed by atoms with Crippen LogP contribution in [0.5, 0.6) is 17.2 Å². The Hall–Kier alpha value is -4.31. The highest BCUT2D eigenvalue weighted by Gasteiger charge is 2.32. The van der Waals surface area contributed by atoms with Crippen LogP contribution in [0.1, 0.15) is 28.4 Å². The van der Waals surface area contributed by atoms with Gasteiger partial charge in [-0.15, -0.1) is 0 Å². The molecule has 2 aliphatic heterocycles. The van der Waals surface area contributed by atoms with Crippen LogP contribution in [0.25, 0.3) is 0 Å². The minimum atomic E-state index is -0.0668. The van der Waals surface area contributed by atoms with E-state index in [-0.39, 0.29) is 11.9 Å². The maximum Gasteiger partial charge on any atom is 0.254 e. The fourth-order valence-electron chi connectivity index (χ4n) is 4.46. The van der Waals surface area contributed by atoms with Gasteiger partial charge in [0.2, 0.25) is 0 Å². The summed E-state index contributed by atoms with van der Waals surface area (Å²) in [5.74, 6) is 2.67. The Morgan fingerprint density at radius 3 is 2.74 bits per heavy atom. The van der Waals surface area contributed by atoms with Gasteiger partial charge in [-0.25, -0.2) is 4.99 Å². The van der Waals surface area contributed by atoms with Gasteiger partial charge in [0.15, 0.2) is 17.2 Å². The smallest absolute Gasteiger partial charge is 0.254 e. The fraction of sp³-hybridized carbons (Fsp3) is 0.222. The number of amidine groups is 1. The second kappa shape index (κ2) is 8.91. The summed E-state index contributed by atoms with van der Waals surface area (Å²) >= 11 is 0. The van der Waals surface area contributed by atoms with Gasteiger partial charge in [-0.1, -0.05) is 24.3 Å². The van der Waals surface area contributed by atoms with Crippen molar-refractivity contribution in [1.82, 2.24) is 9.80 Å². The highest BCUT2D eigenvalue weighted by molar-refractivity contribution is 6.04. The first-order chi connectivity index (χ1) is 16.6. The van der Waals surface area contributed by atoms with Crippen molar-refractivity contribution in [2.75, 3.05) is 26.7 Å². The monoisotopic (exact) mass is 452 g/mol. The molecule has 3 aromatic carbocycles. The largest absolute Gasteiger partial charge is 0.493 e. The van der Waals surface area contributed by atoms with Gasteiger partial charge < -0.3 is 19.3 Å². The Kier molecular flexibility index (Phi) is 5.64. The summed E-state index contributed by atoms with van der Waals surface area (Å²) in [6.07, 6.45) is 0. The highest BCUT2D eigenvalue weighted by Crippen LogP contribution is 2.42. The van der Waals surface area contributed by atoms with Crippen molar-refractivity contribution in [3.63, 3.8) is 0 Å². The number of carbonyl (C=O) groups excluding carboxylic acids is 1. The molecular formula is C27H24N4O3. The van der Waals surface area contributed by atoms with Crippen LogP contribution in [-0.4, -0.2) is 54.3 Å². The summed E-state index contributed by atoms with van der Waals surface area (Å²) in [5, 5.41) is 9.18. The zero-order valence-electron chi connectivity index (χ0n) is 19.1. The lowest BCUT2D eigenvalue weighted by atomic mass is 10.1. The number of benzene rings is 3. The van der Waals surface area contributed by atoms with Gasteiger partial charge in [-0.2, -0.15) is 5.26 Å². The number of rotatable bonds is 2. The van der Waals surface area contributed by atoms with Crippen LogP contribution < -0.4 is 9.47 Å². The molecule has 0 aromatic heterocycles. The molecule has 2 heterocycles. The summed E-state index contributed by atoms with van der Waals surface area (Å²) in [6.45, 7) is 3.80. The Morgan fingerprint density at radius 2 is 1.94 bits per heavy atom. The number of nitrogens with zero attached hydrogens (tertiary/aromatic N) is 4. The number of methoxy groups -OCH3 is 1. The van der Waals surface area contributed by atoms with E-state index in [1.165, 1.54) is 0 Å². The minimum Gasteiger partial charge on any atom is -0.493 e. The Bertz CT molecular complexity index is 1330. The number of hydrogen-bond donors (Lipinski definition) is 0. The van der Waals surface area contributed by atoms with Crippen LogP contribution in [-0.2, 0) is 0 Å². The molecule has 1 unspecified atom stereocenters. The van der Waals surface area contributed by atoms with E-state index in [9.17, 15) is 10.1 Å². The molecule has 0 aliphatic carbocycles. The lowest BCUT2D eigenvalue weighted by Gasteiger charge is -2.41. The third-order valence-corrected chi connectivity index (χ3v) is 6.17. The van der Waals surface area contributed by atoms with Crippen LogP contribution in [0, 0.1) is 11.3 Å². The van der Waals surface area contributed by atoms with Crippen LogP contribution in [0.4, 0.5) is 5.69 Å². The van der Waals surface area contributed by atoms with Crippen molar-refractivity contribution in [1.29, 1.82) is 5.26 Å². The summed E-state index contributed by atoms with van der Waals surface area (Å²) in [4.78, 5) is 22.2. The molecule has 1 fully saturated rings. The molecule has 1 saturated heterocycles. The normalized spacial score (nSPS) is 16.9. The van der Waals surface area contributed by atoms with Crippen molar-refractivity contribution in [2.45, 2.75) is 13.0 Å². The van der Waals surface area contributed by atoms with Gasteiger partial charge in [-0.05, 0) is 49.4 Å². The number of hydrogen-bond acceptors (Lipinski definition) is 6. The van der Waals surface area contributed by atoms with Gasteiger partial charge >= 0.3 is 0 Å². The Morgan fingerprint density at radius 1 is 1.12 bits per heavy atom. The molecule has 7 heteroatoms. The van der Waals surface area contributed by atoms with Gasteiger partial charge in [0.1, 0.15) is 11.5 Å². The second-order valence-electron chi connectivity index (χ2n) is 8.33. The lowest BCUT2D eigenvalue weighted by Crippen LogP contribution is -2.55. The molecule has 0 N–H and O–H groups in total. The van der Waals surface area contributed by atoms with Crippen LogP contribution >= 0.6 is 0 Å². The van der Waals surface area contributed by atoms with E-state index in [1.807, 2.05) is 54.3 Å². The topological polar surface area (TPSA) is 78.2 Å². The molecule has 2 aliphatic rings. The average Bonchev–Trinajstić information content (AvgIpc) is 3.05. The van der Waals surface area contributed by atoms with E-state index in [2.05, 4.69) is 11.0 Å². The Balaban J connectivity index is 1.46. The van der Waals surface area contributed by atoms with Crippen molar-refractivity contribution in [3.8, 4) is 23.3 Å². The zero-order chi connectivity index (χ0) is 23.7. The number of fused-ring (bicyclic) bond motifs is 2. The SMILES string of the molecule is COc1cccc2c1Oc1ccccc1N=C2N1CCN(C(=O)c2cccc(C#N)c2)C(C)C1. The summed E-state index contributed by atoms with van der Waals surface area (Å²) in [7, 11) is 1.63. The number of aliphatic imine (C=N–C) groups is 1. The molecule has 7 nitrogen and oxygen atoms in total. The number of para-hydroxylation sites is 3. The van der Waals surface area contributed by atoms with Crippen LogP contribution in [0.3, 0.4) is 0 Å². The summed E-state index contributed by atoms with van der Waals surface area (Å²) in [6, 6.07) is 22.4. The van der Waals surface area contributed by atoms with Crippen LogP contribution in [0.15, 0.2) is 71.7 Å².